The van der Waals surface area contributed by atoms with E-state index in [2.05, 4.69) is 10.4 Å². The molecule has 0 unspecified atom stereocenters. The van der Waals surface area contributed by atoms with E-state index in [9.17, 15) is 19.2 Å². The van der Waals surface area contributed by atoms with Crippen LogP contribution in [-0.2, 0) is 13.1 Å². The molecule has 0 saturated heterocycles. The van der Waals surface area contributed by atoms with Crippen molar-refractivity contribution in [2.75, 3.05) is 0 Å². The van der Waals surface area contributed by atoms with Gasteiger partial charge in [0.2, 0.25) is 5.78 Å². The summed E-state index contributed by atoms with van der Waals surface area (Å²) in [6.07, 6.45) is 4.70. The molecule has 1 aliphatic carbocycles. The third-order valence-electron chi connectivity index (χ3n) is 6.62. The molecule has 36 heavy (non-hydrogen) atoms. The Labute approximate surface area is 211 Å². The Balaban J connectivity index is 1.63. The summed E-state index contributed by atoms with van der Waals surface area (Å²) in [7, 11) is 0. The fourth-order valence-corrected chi connectivity index (χ4v) is 5.00. The van der Waals surface area contributed by atoms with Crippen molar-refractivity contribution in [1.82, 2.24) is 24.1 Å². The van der Waals surface area contributed by atoms with Crippen molar-refractivity contribution < 1.29 is 9.59 Å². The molecule has 2 aromatic heterocycles. The number of aryl methyl sites for hydroxylation is 1. The van der Waals surface area contributed by atoms with E-state index in [-0.39, 0.29) is 41.1 Å². The van der Waals surface area contributed by atoms with Gasteiger partial charge in [-0.1, -0.05) is 43.5 Å². The lowest BCUT2D eigenvalue weighted by Gasteiger charge is -2.13. The minimum Gasteiger partial charge on any atom is -0.349 e. The zero-order valence-corrected chi connectivity index (χ0v) is 20.6. The Morgan fingerprint density at radius 3 is 2.58 bits per heavy atom. The summed E-state index contributed by atoms with van der Waals surface area (Å²) in [5, 5.41) is 8.11. The zero-order valence-electron chi connectivity index (χ0n) is 19.9. The molecule has 0 radical (unpaired) electrons. The second-order valence-corrected chi connectivity index (χ2v) is 9.59. The van der Waals surface area contributed by atoms with Crippen LogP contribution < -0.4 is 16.6 Å². The first-order valence-corrected chi connectivity index (χ1v) is 12.5. The molecular weight excluding hydrogens is 482 g/mol. The van der Waals surface area contributed by atoms with Gasteiger partial charge in [-0.3, -0.25) is 19.0 Å². The van der Waals surface area contributed by atoms with E-state index < -0.39 is 5.69 Å². The topological polar surface area (TPSA) is 107 Å². The van der Waals surface area contributed by atoms with Gasteiger partial charge in [-0.2, -0.15) is 0 Å². The number of halogens is 1. The number of Topliss-reactive ketones (excluding diaryl/α,β-unsaturated/α-hetero) is 1. The molecular formula is C26H26ClN5O4. The van der Waals surface area contributed by atoms with Crippen LogP contribution in [0, 0.1) is 0 Å². The summed E-state index contributed by atoms with van der Waals surface area (Å²) in [5.41, 5.74) is 0.128. The smallest absolute Gasteiger partial charge is 0.349 e. The monoisotopic (exact) mass is 507 g/mol. The highest BCUT2D eigenvalue weighted by atomic mass is 35.5. The Hall–Kier alpha value is -3.72. The van der Waals surface area contributed by atoms with Crippen molar-refractivity contribution in [3.8, 4) is 0 Å². The van der Waals surface area contributed by atoms with Crippen LogP contribution in [0.1, 0.15) is 59.7 Å². The molecule has 9 nitrogen and oxygen atoms in total. The van der Waals surface area contributed by atoms with E-state index in [0.717, 1.165) is 30.4 Å². The number of ketones is 1. The molecule has 1 amide bonds. The number of nitrogens with one attached hydrogen (secondary N) is 1. The lowest BCUT2D eigenvalue weighted by Crippen LogP contribution is -2.33. The van der Waals surface area contributed by atoms with E-state index in [1.54, 1.807) is 36.4 Å². The summed E-state index contributed by atoms with van der Waals surface area (Å²) in [5.74, 6) is -0.453. The average Bonchev–Trinajstić information content (AvgIpc) is 3.49. The number of hydrogen-bond donors (Lipinski definition) is 1. The number of rotatable bonds is 7. The Morgan fingerprint density at radius 1 is 1.08 bits per heavy atom. The van der Waals surface area contributed by atoms with Crippen molar-refractivity contribution in [3.05, 3.63) is 79.5 Å². The highest BCUT2D eigenvalue weighted by Crippen LogP contribution is 2.19. The number of benzene rings is 2. The van der Waals surface area contributed by atoms with Crippen molar-refractivity contribution in [1.29, 1.82) is 0 Å². The van der Waals surface area contributed by atoms with Crippen LogP contribution >= 0.6 is 11.6 Å². The van der Waals surface area contributed by atoms with Crippen LogP contribution in [0.15, 0.2) is 52.1 Å². The average molecular weight is 508 g/mol. The van der Waals surface area contributed by atoms with Gasteiger partial charge < -0.3 is 5.32 Å². The highest BCUT2D eigenvalue weighted by Gasteiger charge is 2.22. The minimum atomic E-state index is -0.566. The molecule has 0 spiro atoms. The van der Waals surface area contributed by atoms with Gasteiger partial charge in [0.15, 0.2) is 5.78 Å². The summed E-state index contributed by atoms with van der Waals surface area (Å²) < 4.78 is 3.79. The summed E-state index contributed by atoms with van der Waals surface area (Å²) >= 11 is 6.01. The number of aromatic nitrogens is 4. The Bertz CT molecular complexity index is 1610. The molecule has 1 N–H and O–H groups in total. The first-order chi connectivity index (χ1) is 17.4. The lowest BCUT2D eigenvalue weighted by molar-refractivity contribution is 0.0936. The van der Waals surface area contributed by atoms with Crippen LogP contribution in [0.25, 0.3) is 16.7 Å². The number of carbonyl (C=O) groups is 2. The van der Waals surface area contributed by atoms with Crippen LogP contribution in [0.5, 0.6) is 0 Å². The normalized spacial score (nSPS) is 14.1. The predicted octanol–water partition coefficient (Wildman–Crippen LogP) is 3.43. The maximum atomic E-state index is 13.5. The van der Waals surface area contributed by atoms with E-state index in [1.165, 1.54) is 15.0 Å². The van der Waals surface area contributed by atoms with Crippen molar-refractivity contribution >= 4 is 40.0 Å². The quantitative estimate of drug-likeness (QED) is 0.386. The molecule has 1 saturated carbocycles. The van der Waals surface area contributed by atoms with Crippen molar-refractivity contribution in [2.24, 2.45) is 0 Å². The number of amides is 1. The fourth-order valence-electron chi connectivity index (χ4n) is 4.81. The van der Waals surface area contributed by atoms with Crippen LogP contribution in [0.3, 0.4) is 0 Å². The number of nitrogens with zero attached hydrogens (tertiary/aromatic N) is 4. The lowest BCUT2D eigenvalue weighted by atomic mass is 10.1. The van der Waals surface area contributed by atoms with E-state index in [1.807, 2.05) is 6.92 Å². The molecule has 1 fully saturated rings. The fraction of sp³-hybridized carbons (Fsp3) is 0.346. The van der Waals surface area contributed by atoms with Gasteiger partial charge in [0.1, 0.15) is 6.54 Å². The molecule has 2 heterocycles. The van der Waals surface area contributed by atoms with Gasteiger partial charge in [-0.05, 0) is 49.6 Å². The van der Waals surface area contributed by atoms with E-state index in [0.29, 0.717) is 34.5 Å². The predicted molar refractivity (Wildman–Crippen MR) is 137 cm³/mol. The molecule has 186 valence electrons. The molecule has 2 aromatic carbocycles. The Morgan fingerprint density at radius 2 is 1.86 bits per heavy atom. The number of carbonyl (C=O) groups excluding carboxylic acids is 2. The van der Waals surface area contributed by atoms with E-state index >= 15 is 0 Å². The van der Waals surface area contributed by atoms with Crippen LogP contribution in [0.2, 0.25) is 5.02 Å². The summed E-state index contributed by atoms with van der Waals surface area (Å²) in [4.78, 5) is 52.5. The molecule has 0 bridgehead atoms. The largest absolute Gasteiger partial charge is 0.352 e. The highest BCUT2D eigenvalue weighted by molar-refractivity contribution is 6.31. The van der Waals surface area contributed by atoms with Gasteiger partial charge in [-0.25, -0.2) is 13.9 Å². The molecule has 5 rings (SSSR count). The SMILES string of the molecule is CCCn1c(=O)c2ccc(C(=O)NC3CCCC3)cc2n2c(=O)n(CC(=O)c3cccc(Cl)c3)nc12. The molecule has 10 heteroatoms. The Kier molecular flexibility index (Phi) is 6.49. The minimum absolute atomic E-state index is 0.131. The molecule has 0 atom stereocenters. The van der Waals surface area contributed by atoms with Crippen LogP contribution in [-0.4, -0.2) is 36.5 Å². The first kappa shape index (κ1) is 24.0. The second-order valence-electron chi connectivity index (χ2n) is 9.15. The summed E-state index contributed by atoms with van der Waals surface area (Å²) in [6, 6.07) is 11.3. The van der Waals surface area contributed by atoms with E-state index in [4.69, 9.17) is 11.6 Å². The number of hydrogen-bond acceptors (Lipinski definition) is 5. The van der Waals surface area contributed by atoms with Gasteiger partial charge >= 0.3 is 5.69 Å². The molecule has 1 aliphatic rings. The maximum Gasteiger partial charge on any atom is 0.352 e. The zero-order chi connectivity index (χ0) is 25.4. The van der Waals surface area contributed by atoms with Gasteiger partial charge in [0.05, 0.1) is 10.9 Å². The standard InChI is InChI=1S/C26H26ClN5O4/c1-2-12-30-24(35)20-11-10-17(23(34)28-19-8-3-4-9-19)14-21(20)32-25(30)29-31(26(32)36)15-22(33)16-6-5-7-18(27)13-16/h5-7,10-11,13-14,19H,2-4,8-9,12,15H2,1H3,(H,28,34). The van der Waals surface area contributed by atoms with Gasteiger partial charge in [0, 0.05) is 28.7 Å². The molecule has 4 aromatic rings. The third kappa shape index (κ3) is 4.35. The van der Waals surface area contributed by atoms with Gasteiger partial charge in [-0.15, -0.1) is 5.10 Å². The second kappa shape index (κ2) is 9.73. The summed E-state index contributed by atoms with van der Waals surface area (Å²) in [6.45, 7) is 1.95. The maximum absolute atomic E-state index is 13.5. The first-order valence-electron chi connectivity index (χ1n) is 12.1. The number of fused-ring (bicyclic) bond motifs is 3. The van der Waals surface area contributed by atoms with Gasteiger partial charge in [0.25, 0.3) is 11.5 Å². The molecule has 0 aliphatic heterocycles. The van der Waals surface area contributed by atoms with Crippen molar-refractivity contribution in [3.63, 3.8) is 0 Å². The van der Waals surface area contributed by atoms with Crippen molar-refractivity contribution in [2.45, 2.75) is 58.2 Å². The third-order valence-corrected chi connectivity index (χ3v) is 6.85. The van der Waals surface area contributed by atoms with Crippen LogP contribution in [0.4, 0.5) is 0 Å².